The van der Waals surface area contributed by atoms with E-state index < -0.39 is 0 Å². The maximum absolute atomic E-state index is 12.2. The summed E-state index contributed by atoms with van der Waals surface area (Å²) in [5, 5.41) is 7.58. The molecule has 1 amide bonds. The number of carbonyl (C=O) groups excluding carboxylic acids is 1. The number of anilines is 1. The number of aryl methyl sites for hydroxylation is 2. The van der Waals surface area contributed by atoms with E-state index in [1.54, 1.807) is 11.3 Å². The van der Waals surface area contributed by atoms with Crippen LogP contribution in [0.2, 0.25) is 0 Å². The smallest absolute Gasteiger partial charge is 0.225 e. The second-order valence-corrected chi connectivity index (χ2v) is 7.38. The van der Waals surface area contributed by atoms with E-state index in [0.29, 0.717) is 6.42 Å². The number of nitrogens with one attached hydrogen (secondary N) is 2. The fourth-order valence-electron chi connectivity index (χ4n) is 2.49. The Balaban J connectivity index is 1.74. The third-order valence-corrected chi connectivity index (χ3v) is 5.35. The number of hydrogen-bond donors (Lipinski definition) is 2. The molecule has 0 aliphatic carbocycles. The lowest BCUT2D eigenvalue weighted by molar-refractivity contribution is -0.116. The third kappa shape index (κ3) is 5.42. The lowest BCUT2D eigenvalue weighted by Gasteiger charge is -2.15. The van der Waals surface area contributed by atoms with Gasteiger partial charge in [-0.1, -0.05) is 19.1 Å². The molecule has 0 saturated carbocycles. The van der Waals surface area contributed by atoms with Gasteiger partial charge >= 0.3 is 0 Å². The van der Waals surface area contributed by atoms with Crippen molar-refractivity contribution in [1.29, 1.82) is 0 Å². The summed E-state index contributed by atoms with van der Waals surface area (Å²) < 4.78 is 0. The molecule has 1 heterocycles. The van der Waals surface area contributed by atoms with Gasteiger partial charge in [-0.2, -0.15) is 0 Å². The van der Waals surface area contributed by atoms with Gasteiger partial charge in [0.25, 0.3) is 0 Å². The summed E-state index contributed by atoms with van der Waals surface area (Å²) in [6.07, 6.45) is 4.38. The zero-order valence-corrected chi connectivity index (χ0v) is 15.8. The van der Waals surface area contributed by atoms with Crippen LogP contribution < -0.4 is 10.6 Å². The average molecular weight is 346 g/mol. The van der Waals surface area contributed by atoms with E-state index in [4.69, 9.17) is 0 Å². The maximum atomic E-state index is 12.2. The van der Waals surface area contributed by atoms with E-state index >= 15 is 0 Å². The fraction of sp³-hybridized carbons (Fsp3) is 0.474. The van der Waals surface area contributed by atoms with E-state index in [-0.39, 0.29) is 11.9 Å². The first-order chi connectivity index (χ1) is 11.5. The van der Waals surface area contributed by atoms with Crippen LogP contribution in [0.4, 0.5) is 5.69 Å². The summed E-state index contributed by atoms with van der Waals surface area (Å²) in [5.74, 6) is 0.0474. The SMILES string of the molecule is CCc1cnc(CCNC(C)CC(=O)Nc2cccc(C)c2C)s1. The lowest BCUT2D eigenvalue weighted by atomic mass is 10.1. The van der Waals surface area contributed by atoms with Crippen molar-refractivity contribution in [2.75, 3.05) is 11.9 Å². The first kappa shape index (κ1) is 18.6. The van der Waals surface area contributed by atoms with Crippen molar-refractivity contribution in [3.63, 3.8) is 0 Å². The minimum Gasteiger partial charge on any atom is -0.326 e. The van der Waals surface area contributed by atoms with Crippen LogP contribution in [0, 0.1) is 13.8 Å². The van der Waals surface area contributed by atoms with Crippen LogP contribution in [-0.2, 0) is 17.6 Å². The predicted octanol–water partition coefficient (Wildman–Crippen LogP) is 3.87. The highest BCUT2D eigenvalue weighted by Gasteiger charge is 2.11. The number of nitrogens with zero attached hydrogens (tertiary/aromatic N) is 1. The molecule has 0 bridgehead atoms. The molecule has 130 valence electrons. The average Bonchev–Trinajstić information content (AvgIpc) is 2.99. The van der Waals surface area contributed by atoms with Gasteiger partial charge in [-0.25, -0.2) is 4.98 Å². The molecular formula is C19H27N3OS. The van der Waals surface area contributed by atoms with Crippen molar-refractivity contribution in [2.24, 2.45) is 0 Å². The molecule has 0 aliphatic heterocycles. The topological polar surface area (TPSA) is 54.0 Å². The molecule has 0 aliphatic rings. The summed E-state index contributed by atoms with van der Waals surface area (Å²) in [7, 11) is 0. The Hall–Kier alpha value is -1.72. The van der Waals surface area contributed by atoms with Crippen LogP contribution in [-0.4, -0.2) is 23.5 Å². The molecule has 5 heteroatoms. The Kier molecular flexibility index (Phi) is 6.94. The number of thiazole rings is 1. The number of hydrogen-bond acceptors (Lipinski definition) is 4. The van der Waals surface area contributed by atoms with Gasteiger partial charge in [-0.05, 0) is 44.4 Å². The van der Waals surface area contributed by atoms with Crippen molar-refractivity contribution in [3.05, 3.63) is 45.4 Å². The highest BCUT2D eigenvalue weighted by molar-refractivity contribution is 7.11. The molecule has 1 atom stereocenters. The van der Waals surface area contributed by atoms with Crippen molar-refractivity contribution in [3.8, 4) is 0 Å². The van der Waals surface area contributed by atoms with Gasteiger partial charge in [0.15, 0.2) is 0 Å². The standard InChI is InChI=1S/C19H27N3OS/c1-5-16-12-21-19(24-16)9-10-20-14(3)11-18(23)22-17-8-6-7-13(2)15(17)4/h6-8,12,14,20H,5,9-11H2,1-4H3,(H,22,23). The van der Waals surface area contributed by atoms with Crippen LogP contribution in [0.5, 0.6) is 0 Å². The van der Waals surface area contributed by atoms with Gasteiger partial charge in [0.2, 0.25) is 5.91 Å². The van der Waals surface area contributed by atoms with Crippen LogP contribution in [0.25, 0.3) is 0 Å². The minimum atomic E-state index is 0.0474. The van der Waals surface area contributed by atoms with Crippen molar-refractivity contribution >= 4 is 22.9 Å². The third-order valence-electron chi connectivity index (χ3n) is 4.15. The van der Waals surface area contributed by atoms with Crippen molar-refractivity contribution in [1.82, 2.24) is 10.3 Å². The highest BCUT2D eigenvalue weighted by atomic mass is 32.1. The molecule has 4 nitrogen and oxygen atoms in total. The zero-order valence-electron chi connectivity index (χ0n) is 15.0. The second kappa shape index (κ2) is 8.94. The number of rotatable bonds is 8. The van der Waals surface area contributed by atoms with E-state index in [9.17, 15) is 4.79 Å². The van der Waals surface area contributed by atoms with Crippen molar-refractivity contribution in [2.45, 2.75) is 53.0 Å². The lowest BCUT2D eigenvalue weighted by Crippen LogP contribution is -2.32. The highest BCUT2D eigenvalue weighted by Crippen LogP contribution is 2.18. The number of aromatic nitrogens is 1. The Morgan fingerprint density at radius 2 is 2.12 bits per heavy atom. The van der Waals surface area contributed by atoms with Crippen molar-refractivity contribution < 1.29 is 4.79 Å². The summed E-state index contributed by atoms with van der Waals surface area (Å²) in [6, 6.07) is 6.11. The summed E-state index contributed by atoms with van der Waals surface area (Å²) in [4.78, 5) is 17.9. The van der Waals surface area contributed by atoms with Gasteiger partial charge in [-0.3, -0.25) is 4.79 Å². The molecule has 1 aromatic heterocycles. The summed E-state index contributed by atoms with van der Waals surface area (Å²) in [6.45, 7) is 9.12. The minimum absolute atomic E-state index is 0.0474. The predicted molar refractivity (Wildman–Crippen MR) is 102 cm³/mol. The Bertz CT molecular complexity index is 681. The number of benzene rings is 1. The molecule has 0 radical (unpaired) electrons. The molecule has 1 unspecified atom stereocenters. The van der Waals surface area contributed by atoms with Gasteiger partial charge in [0.05, 0.1) is 5.01 Å². The fourth-order valence-corrected chi connectivity index (χ4v) is 3.35. The Labute approximate surface area is 148 Å². The zero-order chi connectivity index (χ0) is 17.5. The Morgan fingerprint density at radius 1 is 1.33 bits per heavy atom. The molecule has 2 aromatic rings. The first-order valence-electron chi connectivity index (χ1n) is 8.52. The molecule has 24 heavy (non-hydrogen) atoms. The van der Waals surface area contributed by atoms with Crippen LogP contribution >= 0.6 is 11.3 Å². The van der Waals surface area contributed by atoms with Crippen LogP contribution in [0.3, 0.4) is 0 Å². The largest absolute Gasteiger partial charge is 0.326 e. The second-order valence-electron chi connectivity index (χ2n) is 6.18. The molecule has 0 spiro atoms. The quantitative estimate of drug-likeness (QED) is 0.763. The molecule has 2 N–H and O–H groups in total. The molecule has 1 aromatic carbocycles. The number of amides is 1. The summed E-state index contributed by atoms with van der Waals surface area (Å²) >= 11 is 1.77. The maximum Gasteiger partial charge on any atom is 0.225 e. The van der Waals surface area contributed by atoms with Crippen LogP contribution in [0.15, 0.2) is 24.4 Å². The first-order valence-corrected chi connectivity index (χ1v) is 9.34. The summed E-state index contributed by atoms with van der Waals surface area (Å²) in [5.41, 5.74) is 3.22. The normalized spacial score (nSPS) is 12.2. The van der Waals surface area contributed by atoms with Gasteiger partial charge in [-0.15, -0.1) is 11.3 Å². The van der Waals surface area contributed by atoms with Gasteiger partial charge in [0, 0.05) is 42.2 Å². The monoisotopic (exact) mass is 345 g/mol. The van der Waals surface area contributed by atoms with Gasteiger partial charge in [0.1, 0.15) is 0 Å². The number of carbonyl (C=O) groups is 1. The van der Waals surface area contributed by atoms with Crippen LogP contribution in [0.1, 0.15) is 41.3 Å². The molecule has 2 rings (SSSR count). The Morgan fingerprint density at radius 3 is 2.83 bits per heavy atom. The van der Waals surface area contributed by atoms with E-state index in [2.05, 4.69) is 35.5 Å². The molecule has 0 fully saturated rings. The van der Waals surface area contributed by atoms with E-state index in [0.717, 1.165) is 35.6 Å². The van der Waals surface area contributed by atoms with E-state index in [1.807, 2.05) is 32.2 Å². The van der Waals surface area contributed by atoms with Gasteiger partial charge < -0.3 is 10.6 Å². The molecule has 0 saturated heterocycles. The molecular weight excluding hydrogens is 318 g/mol. The van der Waals surface area contributed by atoms with E-state index in [1.165, 1.54) is 10.4 Å².